The topological polar surface area (TPSA) is 39.1 Å². The first kappa shape index (κ1) is 17.4. The number of rotatable bonds is 5. The van der Waals surface area contributed by atoms with Crippen LogP contribution in [0.1, 0.15) is 11.1 Å². The largest absolute Gasteiger partial charge is 0.507 e. The molecule has 1 aliphatic rings. The van der Waals surface area contributed by atoms with Gasteiger partial charge in [0.25, 0.3) is 0 Å². The SMILES string of the molecule is C=CCc1cccc(C=NN2CCN(c3ccc(Cl)cc3)CC2)c1O. The summed E-state index contributed by atoms with van der Waals surface area (Å²) in [5.41, 5.74) is 2.79. The summed E-state index contributed by atoms with van der Waals surface area (Å²) in [5, 5.41) is 17.6. The predicted octanol–water partition coefficient (Wildman–Crippen LogP) is 3.93. The molecule has 25 heavy (non-hydrogen) atoms. The summed E-state index contributed by atoms with van der Waals surface area (Å²) in [4.78, 5) is 2.32. The molecule has 0 atom stereocenters. The van der Waals surface area contributed by atoms with Crippen LogP contribution in [0, 0.1) is 0 Å². The maximum atomic E-state index is 10.3. The van der Waals surface area contributed by atoms with E-state index in [-0.39, 0.29) is 5.75 Å². The van der Waals surface area contributed by atoms with Crippen molar-refractivity contribution in [2.45, 2.75) is 6.42 Å². The van der Waals surface area contributed by atoms with E-state index in [0.29, 0.717) is 6.42 Å². The van der Waals surface area contributed by atoms with Crippen molar-refractivity contribution in [1.82, 2.24) is 5.01 Å². The van der Waals surface area contributed by atoms with E-state index >= 15 is 0 Å². The minimum absolute atomic E-state index is 0.283. The van der Waals surface area contributed by atoms with E-state index < -0.39 is 0 Å². The van der Waals surface area contributed by atoms with Crippen molar-refractivity contribution in [3.05, 3.63) is 71.3 Å². The van der Waals surface area contributed by atoms with Crippen molar-refractivity contribution < 1.29 is 5.11 Å². The van der Waals surface area contributed by atoms with Crippen LogP contribution in [0.25, 0.3) is 0 Å². The number of phenols is 1. The fourth-order valence-corrected chi connectivity index (χ4v) is 3.03. The van der Waals surface area contributed by atoms with Crippen LogP contribution in [0.2, 0.25) is 5.02 Å². The van der Waals surface area contributed by atoms with Gasteiger partial charge in [0.2, 0.25) is 0 Å². The monoisotopic (exact) mass is 355 g/mol. The van der Waals surface area contributed by atoms with E-state index in [1.165, 1.54) is 5.69 Å². The normalized spacial score (nSPS) is 14.9. The Labute approximate surface area is 153 Å². The summed E-state index contributed by atoms with van der Waals surface area (Å²) in [6.07, 6.45) is 4.17. The first-order chi connectivity index (χ1) is 12.2. The Morgan fingerprint density at radius 3 is 2.48 bits per heavy atom. The number of hydrogen-bond acceptors (Lipinski definition) is 4. The van der Waals surface area contributed by atoms with Gasteiger partial charge in [-0.2, -0.15) is 5.10 Å². The third-order valence-corrected chi connectivity index (χ3v) is 4.57. The lowest BCUT2D eigenvalue weighted by Gasteiger charge is -2.34. The van der Waals surface area contributed by atoms with Gasteiger partial charge in [-0.25, -0.2) is 0 Å². The standard InChI is InChI=1S/C20H22ClN3O/c1-2-4-16-5-3-6-17(20(16)25)15-22-24-13-11-23(12-14-24)19-9-7-18(21)8-10-19/h2-3,5-10,15,25H,1,4,11-14H2. The summed E-state index contributed by atoms with van der Waals surface area (Å²) in [5.74, 6) is 0.283. The maximum absolute atomic E-state index is 10.3. The molecule has 0 aromatic heterocycles. The van der Waals surface area contributed by atoms with E-state index in [4.69, 9.17) is 11.6 Å². The number of hydrogen-bond donors (Lipinski definition) is 1. The average Bonchev–Trinajstić information content (AvgIpc) is 2.64. The van der Waals surface area contributed by atoms with Gasteiger partial charge in [-0.1, -0.05) is 29.8 Å². The predicted molar refractivity (Wildman–Crippen MR) is 105 cm³/mol. The Hall–Kier alpha value is -2.46. The zero-order valence-corrected chi connectivity index (χ0v) is 14.9. The summed E-state index contributed by atoms with van der Waals surface area (Å²) in [6, 6.07) is 13.6. The highest BCUT2D eigenvalue weighted by Gasteiger charge is 2.15. The quantitative estimate of drug-likeness (QED) is 0.652. The molecule has 0 spiro atoms. The summed E-state index contributed by atoms with van der Waals surface area (Å²) in [6.45, 7) is 7.21. The number of anilines is 1. The van der Waals surface area contributed by atoms with Crippen molar-refractivity contribution in [1.29, 1.82) is 0 Å². The number of nitrogens with zero attached hydrogens (tertiary/aromatic N) is 3. The maximum Gasteiger partial charge on any atom is 0.127 e. The number of halogens is 1. The van der Waals surface area contributed by atoms with Gasteiger partial charge in [0.15, 0.2) is 0 Å². The van der Waals surface area contributed by atoms with Crippen molar-refractivity contribution in [3.8, 4) is 5.75 Å². The first-order valence-corrected chi connectivity index (χ1v) is 8.76. The smallest absolute Gasteiger partial charge is 0.127 e. The lowest BCUT2D eigenvalue weighted by atomic mass is 10.1. The number of hydrazone groups is 1. The van der Waals surface area contributed by atoms with Crippen molar-refractivity contribution in [2.24, 2.45) is 5.10 Å². The van der Waals surface area contributed by atoms with E-state index in [9.17, 15) is 5.11 Å². The Kier molecular flexibility index (Phi) is 5.61. The summed E-state index contributed by atoms with van der Waals surface area (Å²) in [7, 11) is 0. The zero-order valence-electron chi connectivity index (χ0n) is 14.1. The number of aromatic hydroxyl groups is 1. The van der Waals surface area contributed by atoms with E-state index in [0.717, 1.165) is 42.3 Å². The molecule has 0 unspecified atom stereocenters. The van der Waals surface area contributed by atoms with Crippen LogP contribution in [-0.2, 0) is 6.42 Å². The molecule has 1 saturated heterocycles. The number of allylic oxidation sites excluding steroid dienone is 1. The average molecular weight is 356 g/mol. The number of benzene rings is 2. The fraction of sp³-hybridized carbons (Fsp3) is 0.250. The molecular formula is C20H22ClN3O. The van der Waals surface area contributed by atoms with Gasteiger partial charge in [0.05, 0.1) is 19.3 Å². The van der Waals surface area contributed by atoms with Crippen LogP contribution in [0.5, 0.6) is 5.75 Å². The molecule has 0 amide bonds. The molecule has 4 nitrogen and oxygen atoms in total. The van der Waals surface area contributed by atoms with Crippen molar-refractivity contribution in [2.75, 3.05) is 31.1 Å². The van der Waals surface area contributed by atoms with Gasteiger partial charge in [-0.15, -0.1) is 6.58 Å². The molecule has 2 aromatic rings. The Bertz CT molecular complexity index is 750. The molecule has 1 aliphatic heterocycles. The highest BCUT2D eigenvalue weighted by Crippen LogP contribution is 2.22. The van der Waals surface area contributed by atoms with Crippen LogP contribution in [0.15, 0.2) is 60.2 Å². The zero-order chi connectivity index (χ0) is 17.6. The highest BCUT2D eigenvalue weighted by atomic mass is 35.5. The molecule has 3 rings (SSSR count). The molecule has 5 heteroatoms. The molecule has 0 bridgehead atoms. The van der Waals surface area contributed by atoms with Gasteiger partial charge in [0, 0.05) is 29.4 Å². The van der Waals surface area contributed by atoms with Gasteiger partial charge in [0.1, 0.15) is 5.75 Å². The van der Waals surface area contributed by atoms with Crippen molar-refractivity contribution in [3.63, 3.8) is 0 Å². The molecule has 0 saturated carbocycles. The van der Waals surface area contributed by atoms with Crippen LogP contribution in [0.4, 0.5) is 5.69 Å². The third-order valence-electron chi connectivity index (χ3n) is 4.32. The molecule has 130 valence electrons. The molecule has 1 N–H and O–H groups in total. The van der Waals surface area contributed by atoms with Gasteiger partial charge >= 0.3 is 0 Å². The molecule has 1 fully saturated rings. The van der Waals surface area contributed by atoms with Gasteiger partial charge < -0.3 is 10.0 Å². The first-order valence-electron chi connectivity index (χ1n) is 8.38. The molecular weight excluding hydrogens is 334 g/mol. The Morgan fingerprint density at radius 2 is 1.80 bits per heavy atom. The van der Waals surface area contributed by atoms with E-state index in [2.05, 4.69) is 16.6 Å². The Morgan fingerprint density at radius 1 is 1.08 bits per heavy atom. The van der Waals surface area contributed by atoms with E-state index in [1.54, 1.807) is 12.3 Å². The van der Waals surface area contributed by atoms with Crippen molar-refractivity contribution >= 4 is 23.5 Å². The van der Waals surface area contributed by atoms with E-state index in [1.807, 2.05) is 47.5 Å². The second kappa shape index (κ2) is 8.08. The van der Waals surface area contributed by atoms with Crippen LogP contribution < -0.4 is 4.90 Å². The molecule has 0 radical (unpaired) electrons. The summed E-state index contributed by atoms with van der Waals surface area (Å²) < 4.78 is 0. The van der Waals surface area contributed by atoms with Gasteiger partial charge in [-0.3, -0.25) is 5.01 Å². The molecule has 1 heterocycles. The third kappa shape index (κ3) is 4.34. The lowest BCUT2D eigenvalue weighted by Crippen LogP contribution is -2.44. The minimum Gasteiger partial charge on any atom is -0.507 e. The summed E-state index contributed by atoms with van der Waals surface area (Å²) >= 11 is 5.95. The fourth-order valence-electron chi connectivity index (χ4n) is 2.90. The second-order valence-electron chi connectivity index (χ2n) is 6.01. The minimum atomic E-state index is 0.283. The second-order valence-corrected chi connectivity index (χ2v) is 6.45. The van der Waals surface area contributed by atoms with Crippen LogP contribution >= 0.6 is 11.6 Å². The van der Waals surface area contributed by atoms with Crippen LogP contribution in [0.3, 0.4) is 0 Å². The number of piperazine rings is 1. The highest BCUT2D eigenvalue weighted by molar-refractivity contribution is 6.30. The number of para-hydroxylation sites is 1. The molecule has 0 aliphatic carbocycles. The lowest BCUT2D eigenvalue weighted by molar-refractivity contribution is 0.272. The number of phenolic OH excluding ortho intramolecular Hbond substituents is 1. The van der Waals surface area contributed by atoms with Crippen LogP contribution in [-0.4, -0.2) is 42.5 Å². The van der Waals surface area contributed by atoms with Gasteiger partial charge in [-0.05, 0) is 42.3 Å². The Balaban J connectivity index is 1.60. The molecule has 2 aromatic carbocycles.